The lowest BCUT2D eigenvalue weighted by atomic mass is 10.2. The van der Waals surface area contributed by atoms with E-state index in [1.807, 2.05) is 10.3 Å². The Morgan fingerprint density at radius 2 is 2.22 bits per heavy atom. The van der Waals surface area contributed by atoms with Gasteiger partial charge in [-0.25, -0.2) is 13.8 Å². The summed E-state index contributed by atoms with van der Waals surface area (Å²) in [4.78, 5) is 18.4. The van der Waals surface area contributed by atoms with Crippen LogP contribution in [0.25, 0.3) is 0 Å². The molecule has 1 aromatic heterocycles. The molecular weight excluding hydrogens is 324 g/mol. The Labute approximate surface area is 135 Å². The molecule has 8 heteroatoms. The number of carbonyl (C=O) groups excluding carboxylic acids is 1. The number of nitrogens with one attached hydrogen (secondary N) is 1. The van der Waals surface area contributed by atoms with E-state index in [9.17, 15) is 13.6 Å². The summed E-state index contributed by atoms with van der Waals surface area (Å²) in [6.07, 6.45) is 1.01. The van der Waals surface area contributed by atoms with Crippen LogP contribution in [-0.2, 0) is 16.1 Å². The van der Waals surface area contributed by atoms with Crippen molar-refractivity contribution in [1.29, 1.82) is 0 Å². The van der Waals surface area contributed by atoms with Crippen molar-refractivity contribution in [3.8, 4) is 0 Å². The monoisotopic (exact) mass is 339 g/mol. The molecule has 1 fully saturated rings. The van der Waals surface area contributed by atoms with Crippen molar-refractivity contribution in [3.63, 3.8) is 0 Å². The summed E-state index contributed by atoms with van der Waals surface area (Å²) in [6, 6.07) is 3.60. The maximum Gasteiger partial charge on any atom is 0.251 e. The van der Waals surface area contributed by atoms with Gasteiger partial charge in [-0.15, -0.1) is 11.3 Å². The maximum absolute atomic E-state index is 13.6. The van der Waals surface area contributed by atoms with Crippen LogP contribution in [0.1, 0.15) is 5.56 Å². The van der Waals surface area contributed by atoms with Crippen LogP contribution in [0.4, 0.5) is 13.9 Å². The number of hydrogen-bond donors (Lipinski definition) is 1. The van der Waals surface area contributed by atoms with E-state index in [0.717, 1.165) is 17.3 Å². The summed E-state index contributed by atoms with van der Waals surface area (Å²) in [5.41, 5.74) is -0.159. The van der Waals surface area contributed by atoms with Gasteiger partial charge in [0.1, 0.15) is 11.6 Å². The van der Waals surface area contributed by atoms with E-state index in [2.05, 4.69) is 10.3 Å². The van der Waals surface area contributed by atoms with E-state index < -0.39 is 23.6 Å². The zero-order valence-electron chi connectivity index (χ0n) is 12.2. The molecule has 1 amide bonds. The largest absolute Gasteiger partial charge is 0.365 e. The third kappa shape index (κ3) is 3.65. The Balaban J connectivity index is 1.60. The molecular formula is C15H15F2N3O2S. The van der Waals surface area contributed by atoms with Crippen molar-refractivity contribution >= 4 is 22.4 Å². The molecule has 23 heavy (non-hydrogen) atoms. The third-order valence-electron chi connectivity index (χ3n) is 3.55. The highest BCUT2D eigenvalue weighted by molar-refractivity contribution is 7.13. The number of carbonyl (C=O) groups is 1. The number of hydrogen-bond acceptors (Lipinski definition) is 5. The summed E-state index contributed by atoms with van der Waals surface area (Å²) < 4.78 is 32.6. The van der Waals surface area contributed by atoms with Crippen LogP contribution >= 0.6 is 11.3 Å². The fourth-order valence-electron chi connectivity index (χ4n) is 2.34. The van der Waals surface area contributed by atoms with Crippen molar-refractivity contribution in [2.75, 3.05) is 24.6 Å². The highest BCUT2D eigenvalue weighted by Crippen LogP contribution is 2.20. The fraction of sp³-hybridized carbons (Fsp3) is 0.333. The Hall–Kier alpha value is -2.06. The van der Waals surface area contributed by atoms with Gasteiger partial charge in [-0.2, -0.15) is 0 Å². The molecule has 0 saturated carbocycles. The van der Waals surface area contributed by atoms with Crippen LogP contribution in [0, 0.1) is 11.6 Å². The lowest BCUT2D eigenvalue weighted by Gasteiger charge is -2.31. The lowest BCUT2D eigenvalue weighted by Crippen LogP contribution is -2.49. The molecule has 2 heterocycles. The van der Waals surface area contributed by atoms with Gasteiger partial charge in [0, 0.05) is 30.2 Å². The number of halogens is 2. The zero-order chi connectivity index (χ0) is 16.2. The topological polar surface area (TPSA) is 54.5 Å². The van der Waals surface area contributed by atoms with E-state index in [4.69, 9.17) is 4.74 Å². The number of ether oxygens (including phenoxy) is 1. The second-order valence-corrected chi connectivity index (χ2v) is 5.91. The summed E-state index contributed by atoms with van der Waals surface area (Å²) in [7, 11) is 0. The summed E-state index contributed by atoms with van der Waals surface area (Å²) in [5, 5.41) is 5.22. The molecule has 5 nitrogen and oxygen atoms in total. The standard InChI is InChI=1S/C15H15F2N3O2S/c16-11-2-1-3-12(17)10(11)8-19-14(21)13-9-20(5-6-22-13)15-18-4-7-23-15/h1-4,7,13H,5-6,8-9H2,(H,19,21)/t13-/m0/s1. The minimum atomic E-state index is -0.692. The fourth-order valence-corrected chi connectivity index (χ4v) is 3.02. The van der Waals surface area contributed by atoms with E-state index in [0.29, 0.717) is 19.7 Å². The molecule has 1 N–H and O–H groups in total. The number of rotatable bonds is 4. The first-order chi connectivity index (χ1) is 11.1. The molecule has 1 aromatic carbocycles. The number of thiazole rings is 1. The van der Waals surface area contributed by atoms with Gasteiger partial charge in [-0.3, -0.25) is 4.79 Å². The molecule has 0 aliphatic carbocycles. The van der Waals surface area contributed by atoms with Gasteiger partial charge in [0.15, 0.2) is 11.2 Å². The first-order valence-electron chi connectivity index (χ1n) is 7.12. The van der Waals surface area contributed by atoms with Crippen LogP contribution < -0.4 is 10.2 Å². The minimum absolute atomic E-state index is 0.159. The van der Waals surface area contributed by atoms with Crippen molar-refractivity contribution in [3.05, 3.63) is 47.0 Å². The van der Waals surface area contributed by atoms with Crippen LogP contribution in [0.2, 0.25) is 0 Å². The molecule has 1 aliphatic heterocycles. The number of benzene rings is 1. The predicted octanol–water partition coefficient (Wildman–Crippen LogP) is 1.94. The minimum Gasteiger partial charge on any atom is -0.365 e. The summed E-state index contributed by atoms with van der Waals surface area (Å²) in [5.74, 6) is -1.76. The van der Waals surface area contributed by atoms with Crippen molar-refractivity contribution in [2.24, 2.45) is 0 Å². The molecule has 1 saturated heterocycles. The van der Waals surface area contributed by atoms with Crippen LogP contribution in [0.3, 0.4) is 0 Å². The molecule has 2 aromatic rings. The van der Waals surface area contributed by atoms with E-state index >= 15 is 0 Å². The van der Waals surface area contributed by atoms with Gasteiger partial charge in [0.2, 0.25) is 0 Å². The first kappa shape index (κ1) is 15.8. The molecule has 1 aliphatic rings. The average molecular weight is 339 g/mol. The molecule has 122 valence electrons. The molecule has 0 spiro atoms. The zero-order valence-corrected chi connectivity index (χ0v) is 13.0. The number of anilines is 1. The van der Waals surface area contributed by atoms with Gasteiger partial charge < -0.3 is 15.0 Å². The van der Waals surface area contributed by atoms with Crippen LogP contribution in [-0.4, -0.2) is 36.7 Å². The SMILES string of the molecule is O=C(NCc1c(F)cccc1F)[C@@H]1CN(c2nccs2)CCO1. The first-order valence-corrected chi connectivity index (χ1v) is 8.00. The summed E-state index contributed by atoms with van der Waals surface area (Å²) in [6.45, 7) is 1.19. The second-order valence-electron chi connectivity index (χ2n) is 5.04. The Morgan fingerprint density at radius 1 is 1.43 bits per heavy atom. The van der Waals surface area contributed by atoms with Gasteiger partial charge >= 0.3 is 0 Å². The smallest absolute Gasteiger partial charge is 0.251 e. The van der Waals surface area contributed by atoms with E-state index in [1.54, 1.807) is 6.20 Å². The number of morpholine rings is 1. The van der Waals surface area contributed by atoms with Crippen molar-refractivity contribution < 1.29 is 18.3 Å². The van der Waals surface area contributed by atoms with Crippen LogP contribution in [0.15, 0.2) is 29.8 Å². The number of aromatic nitrogens is 1. The second kappa shape index (κ2) is 7.01. The Bertz CT molecular complexity index is 661. The van der Waals surface area contributed by atoms with Crippen molar-refractivity contribution in [1.82, 2.24) is 10.3 Å². The van der Waals surface area contributed by atoms with E-state index in [1.165, 1.54) is 17.4 Å². The van der Waals surface area contributed by atoms with Gasteiger partial charge in [0.25, 0.3) is 5.91 Å². The average Bonchev–Trinajstić information content (AvgIpc) is 3.09. The molecule has 0 radical (unpaired) electrons. The van der Waals surface area contributed by atoms with Gasteiger partial charge in [-0.05, 0) is 12.1 Å². The summed E-state index contributed by atoms with van der Waals surface area (Å²) >= 11 is 1.49. The molecule has 0 unspecified atom stereocenters. The Morgan fingerprint density at radius 3 is 2.91 bits per heavy atom. The highest BCUT2D eigenvalue weighted by Gasteiger charge is 2.28. The highest BCUT2D eigenvalue weighted by atomic mass is 32.1. The predicted molar refractivity (Wildman–Crippen MR) is 82.3 cm³/mol. The Kier molecular flexibility index (Phi) is 4.82. The number of nitrogens with zero attached hydrogens (tertiary/aromatic N) is 2. The van der Waals surface area contributed by atoms with Gasteiger partial charge in [-0.1, -0.05) is 6.07 Å². The lowest BCUT2D eigenvalue weighted by molar-refractivity contribution is -0.133. The molecule has 0 bridgehead atoms. The van der Waals surface area contributed by atoms with Gasteiger partial charge in [0.05, 0.1) is 13.2 Å². The quantitative estimate of drug-likeness (QED) is 0.925. The third-order valence-corrected chi connectivity index (χ3v) is 4.38. The van der Waals surface area contributed by atoms with Crippen LogP contribution in [0.5, 0.6) is 0 Å². The van der Waals surface area contributed by atoms with Crippen molar-refractivity contribution in [2.45, 2.75) is 12.6 Å². The maximum atomic E-state index is 13.6. The van der Waals surface area contributed by atoms with E-state index in [-0.39, 0.29) is 12.1 Å². The molecule has 3 rings (SSSR count). The molecule has 1 atom stereocenters. The number of amides is 1. The normalized spacial score (nSPS) is 18.0.